The van der Waals surface area contributed by atoms with Crippen LogP contribution in [-0.2, 0) is 12.8 Å². The Morgan fingerprint density at radius 1 is 1.29 bits per heavy atom. The van der Waals surface area contributed by atoms with Crippen molar-refractivity contribution in [3.05, 3.63) is 28.8 Å². The molecule has 0 fully saturated rings. The number of fused-ring (bicyclic) bond motifs is 1. The summed E-state index contributed by atoms with van der Waals surface area (Å²) in [4.78, 5) is 0. The maximum absolute atomic E-state index is 14.1. The Balaban J connectivity index is 2.05. The highest BCUT2D eigenvalue weighted by Crippen LogP contribution is 2.34. The number of ether oxygens (including phenoxy) is 1. The van der Waals surface area contributed by atoms with Crippen LogP contribution in [0.3, 0.4) is 0 Å². The third-order valence-electron chi connectivity index (χ3n) is 4.38. The lowest BCUT2D eigenvalue weighted by Gasteiger charge is -2.24. The van der Waals surface area contributed by atoms with Crippen molar-refractivity contribution in [2.75, 3.05) is 0 Å². The first-order chi connectivity index (χ1) is 10.0. The minimum absolute atomic E-state index is 0.0351. The van der Waals surface area contributed by atoms with Crippen LogP contribution in [0.5, 0.6) is 5.75 Å². The zero-order valence-corrected chi connectivity index (χ0v) is 13.3. The van der Waals surface area contributed by atoms with Gasteiger partial charge in [-0.15, -0.1) is 0 Å². The Morgan fingerprint density at radius 2 is 2.05 bits per heavy atom. The van der Waals surface area contributed by atoms with Crippen molar-refractivity contribution in [1.29, 1.82) is 0 Å². The zero-order valence-electron chi connectivity index (χ0n) is 13.3. The first-order valence-corrected chi connectivity index (χ1v) is 8.19. The Morgan fingerprint density at radius 3 is 2.76 bits per heavy atom. The van der Waals surface area contributed by atoms with E-state index in [-0.39, 0.29) is 11.9 Å². The molecule has 1 heterocycles. The summed E-state index contributed by atoms with van der Waals surface area (Å²) in [6, 6.07) is 1.81. The summed E-state index contributed by atoms with van der Waals surface area (Å²) >= 11 is 0. The molecule has 0 bridgehead atoms. The average molecular weight is 296 g/mol. The lowest BCUT2D eigenvalue weighted by molar-refractivity contribution is 0.180. The largest absolute Gasteiger partial charge is 0.487 e. The second-order valence-corrected chi connectivity index (χ2v) is 6.41. The van der Waals surface area contributed by atoms with Crippen LogP contribution in [-0.4, -0.2) is 6.10 Å². The van der Waals surface area contributed by atoms with Crippen LogP contribution in [0, 0.1) is 17.6 Å². The van der Waals surface area contributed by atoms with E-state index in [0.29, 0.717) is 17.9 Å². The molecule has 0 amide bonds. The molecule has 118 valence electrons. The molecule has 3 heteroatoms. The van der Waals surface area contributed by atoms with Crippen molar-refractivity contribution in [2.24, 2.45) is 5.92 Å². The van der Waals surface area contributed by atoms with Gasteiger partial charge in [-0.05, 0) is 55.7 Å². The smallest absolute Gasteiger partial charge is 0.201 e. The summed E-state index contributed by atoms with van der Waals surface area (Å²) in [6.07, 6.45) is 6.57. The number of rotatable bonds is 6. The fraction of sp³-hybridized carbons (Fsp3) is 0.667. The molecule has 1 aromatic rings. The lowest BCUT2D eigenvalue weighted by Crippen LogP contribution is -2.21. The fourth-order valence-electron chi connectivity index (χ4n) is 3.11. The summed E-state index contributed by atoms with van der Waals surface area (Å²) < 4.78 is 33.7. The monoisotopic (exact) mass is 296 g/mol. The lowest BCUT2D eigenvalue weighted by atomic mass is 9.94. The summed E-state index contributed by atoms with van der Waals surface area (Å²) in [5.41, 5.74) is 1.33. The Labute approximate surface area is 126 Å². The molecule has 0 aliphatic carbocycles. The molecule has 1 nitrogen and oxygen atoms in total. The van der Waals surface area contributed by atoms with Gasteiger partial charge < -0.3 is 4.74 Å². The quantitative estimate of drug-likeness (QED) is 0.679. The van der Waals surface area contributed by atoms with Crippen molar-refractivity contribution in [2.45, 2.75) is 71.8 Å². The zero-order chi connectivity index (χ0) is 15.4. The SMILES string of the molecule is CCCC(C)CCCc1cc2c(c(F)c1F)OC(C)CC2. The fourth-order valence-corrected chi connectivity index (χ4v) is 3.11. The first kappa shape index (κ1) is 16.3. The van der Waals surface area contributed by atoms with E-state index < -0.39 is 11.6 Å². The molecule has 0 saturated carbocycles. The summed E-state index contributed by atoms with van der Waals surface area (Å²) in [5, 5.41) is 0. The van der Waals surface area contributed by atoms with E-state index in [1.165, 1.54) is 12.8 Å². The van der Waals surface area contributed by atoms with E-state index >= 15 is 0 Å². The van der Waals surface area contributed by atoms with Gasteiger partial charge in [-0.1, -0.05) is 33.1 Å². The second-order valence-electron chi connectivity index (χ2n) is 6.41. The Bertz CT molecular complexity index is 485. The van der Waals surface area contributed by atoms with E-state index in [4.69, 9.17) is 4.74 Å². The van der Waals surface area contributed by atoms with Crippen molar-refractivity contribution in [1.82, 2.24) is 0 Å². The van der Waals surface area contributed by atoms with E-state index in [2.05, 4.69) is 13.8 Å². The standard InChI is InChI=1S/C18H26F2O/c1-4-6-12(2)7-5-8-14-11-15-10-9-13(3)21-18(15)17(20)16(14)19/h11-13H,4-10H2,1-3H3. The first-order valence-electron chi connectivity index (χ1n) is 8.19. The molecular formula is C18H26F2O. The Kier molecular flexibility index (Phi) is 5.60. The minimum Gasteiger partial charge on any atom is -0.487 e. The van der Waals surface area contributed by atoms with E-state index in [9.17, 15) is 8.78 Å². The predicted octanol–water partition coefficient (Wildman–Crippen LogP) is 5.44. The highest BCUT2D eigenvalue weighted by atomic mass is 19.2. The van der Waals surface area contributed by atoms with Gasteiger partial charge in [-0.25, -0.2) is 4.39 Å². The predicted molar refractivity (Wildman–Crippen MR) is 81.8 cm³/mol. The molecule has 2 atom stereocenters. The van der Waals surface area contributed by atoms with Crippen molar-refractivity contribution >= 4 is 0 Å². The van der Waals surface area contributed by atoms with Gasteiger partial charge in [0.2, 0.25) is 5.82 Å². The molecule has 1 aromatic carbocycles. The van der Waals surface area contributed by atoms with Gasteiger partial charge in [0.15, 0.2) is 11.6 Å². The maximum Gasteiger partial charge on any atom is 0.201 e. The summed E-state index contributed by atoms with van der Waals surface area (Å²) in [5.74, 6) is -0.722. The number of aryl methyl sites for hydroxylation is 2. The number of halogens is 2. The van der Waals surface area contributed by atoms with E-state index in [0.717, 1.165) is 31.2 Å². The third kappa shape index (κ3) is 3.96. The maximum atomic E-state index is 14.1. The molecule has 0 saturated heterocycles. The van der Waals surface area contributed by atoms with Crippen LogP contribution in [0.25, 0.3) is 0 Å². The van der Waals surface area contributed by atoms with Crippen molar-refractivity contribution < 1.29 is 13.5 Å². The minimum atomic E-state index is -0.796. The molecule has 2 rings (SSSR count). The van der Waals surface area contributed by atoms with Gasteiger partial charge in [0.25, 0.3) is 0 Å². The summed E-state index contributed by atoms with van der Waals surface area (Å²) in [7, 11) is 0. The van der Waals surface area contributed by atoms with Gasteiger partial charge in [-0.3, -0.25) is 0 Å². The van der Waals surface area contributed by atoms with Gasteiger partial charge in [0.1, 0.15) is 0 Å². The van der Waals surface area contributed by atoms with Gasteiger partial charge in [-0.2, -0.15) is 4.39 Å². The number of benzene rings is 1. The van der Waals surface area contributed by atoms with Crippen LogP contribution in [0.1, 0.15) is 64.0 Å². The van der Waals surface area contributed by atoms with Crippen molar-refractivity contribution in [3.8, 4) is 5.75 Å². The normalized spacial score (nSPS) is 19.0. The van der Waals surface area contributed by atoms with Crippen LogP contribution in [0.15, 0.2) is 6.07 Å². The third-order valence-corrected chi connectivity index (χ3v) is 4.38. The van der Waals surface area contributed by atoms with Crippen LogP contribution in [0.2, 0.25) is 0 Å². The van der Waals surface area contributed by atoms with E-state index in [1.54, 1.807) is 0 Å². The van der Waals surface area contributed by atoms with Crippen LogP contribution >= 0.6 is 0 Å². The van der Waals surface area contributed by atoms with E-state index in [1.807, 2.05) is 13.0 Å². The molecule has 0 N–H and O–H groups in total. The van der Waals surface area contributed by atoms with Crippen LogP contribution in [0.4, 0.5) is 8.78 Å². The average Bonchev–Trinajstić information content (AvgIpc) is 2.45. The van der Waals surface area contributed by atoms with Crippen molar-refractivity contribution in [3.63, 3.8) is 0 Å². The van der Waals surface area contributed by atoms with Gasteiger partial charge >= 0.3 is 0 Å². The topological polar surface area (TPSA) is 9.23 Å². The van der Waals surface area contributed by atoms with Gasteiger partial charge in [0.05, 0.1) is 6.10 Å². The molecule has 0 spiro atoms. The second kappa shape index (κ2) is 7.24. The summed E-state index contributed by atoms with van der Waals surface area (Å²) in [6.45, 7) is 6.29. The molecule has 1 aliphatic heterocycles. The highest BCUT2D eigenvalue weighted by Gasteiger charge is 2.24. The van der Waals surface area contributed by atoms with Gasteiger partial charge in [0, 0.05) is 0 Å². The molecule has 0 aromatic heterocycles. The molecule has 21 heavy (non-hydrogen) atoms. The highest BCUT2D eigenvalue weighted by molar-refractivity contribution is 5.41. The number of hydrogen-bond acceptors (Lipinski definition) is 1. The Hall–Kier alpha value is -1.12. The molecule has 2 unspecified atom stereocenters. The van der Waals surface area contributed by atoms with Crippen LogP contribution < -0.4 is 4.74 Å². The molecule has 0 radical (unpaired) electrons. The number of hydrogen-bond donors (Lipinski definition) is 0. The molecular weight excluding hydrogens is 270 g/mol. The molecule has 1 aliphatic rings.